The molecule has 1 aliphatic rings. The fraction of sp³-hybridized carbons (Fsp3) is 0.457. The predicted octanol–water partition coefficient (Wildman–Crippen LogP) is 8.05. The summed E-state index contributed by atoms with van der Waals surface area (Å²) in [5.41, 5.74) is 4.52. The van der Waals surface area contributed by atoms with E-state index in [4.69, 9.17) is 14.2 Å². The second-order valence-electron chi connectivity index (χ2n) is 13.0. The van der Waals surface area contributed by atoms with Crippen molar-refractivity contribution in [3.05, 3.63) is 76.2 Å². The van der Waals surface area contributed by atoms with E-state index in [0.717, 1.165) is 39.3 Å². The van der Waals surface area contributed by atoms with E-state index in [1.54, 1.807) is 0 Å². The van der Waals surface area contributed by atoms with Gasteiger partial charge in [0.15, 0.2) is 11.5 Å². The Morgan fingerprint density at radius 3 is 2.23 bits per heavy atom. The first-order valence-electron chi connectivity index (χ1n) is 14.7. The molecule has 2 aromatic carbocycles. The Bertz CT molecular complexity index is 1440. The van der Waals surface area contributed by atoms with Gasteiger partial charge < -0.3 is 14.2 Å². The van der Waals surface area contributed by atoms with Crippen LogP contribution >= 0.6 is 11.3 Å². The van der Waals surface area contributed by atoms with Crippen LogP contribution in [-0.2, 0) is 20.7 Å². The van der Waals surface area contributed by atoms with Gasteiger partial charge in [-0.3, -0.25) is 4.79 Å². The van der Waals surface area contributed by atoms with Crippen LogP contribution in [-0.4, -0.2) is 50.2 Å². The van der Waals surface area contributed by atoms with Crippen LogP contribution in [0.15, 0.2) is 54.6 Å². The predicted molar refractivity (Wildman–Crippen MR) is 170 cm³/mol. The van der Waals surface area contributed by atoms with Crippen LogP contribution in [0.5, 0.6) is 5.75 Å². The minimum atomic E-state index is -0.758. The van der Waals surface area contributed by atoms with Gasteiger partial charge in [-0.1, -0.05) is 82.3 Å². The van der Waals surface area contributed by atoms with E-state index in [9.17, 15) is 14.4 Å². The maximum atomic E-state index is 13.2. The number of amides is 2. The second-order valence-corrected chi connectivity index (χ2v) is 14.0. The van der Waals surface area contributed by atoms with Gasteiger partial charge in [0.05, 0.1) is 14.2 Å². The van der Waals surface area contributed by atoms with Crippen molar-refractivity contribution in [1.82, 2.24) is 4.90 Å². The Labute approximate surface area is 259 Å². The fourth-order valence-corrected chi connectivity index (χ4v) is 7.88. The summed E-state index contributed by atoms with van der Waals surface area (Å²) < 4.78 is 15.9. The van der Waals surface area contributed by atoms with Gasteiger partial charge in [0.1, 0.15) is 5.75 Å². The van der Waals surface area contributed by atoms with Crippen molar-refractivity contribution in [3.63, 3.8) is 0 Å². The Hall–Kier alpha value is -3.65. The summed E-state index contributed by atoms with van der Waals surface area (Å²) in [6.07, 6.45) is 3.15. The largest absolute Gasteiger partial charge is 0.482 e. The highest BCUT2D eigenvalue weighted by atomic mass is 32.1. The van der Waals surface area contributed by atoms with Crippen LogP contribution in [0.25, 0.3) is 10.4 Å². The quantitative estimate of drug-likeness (QED) is 0.230. The lowest BCUT2D eigenvalue weighted by atomic mass is 9.60. The standard InChI is InChI=1S/C35H43NO6S/c1-23-29(42-21-28(37)36(33(39)41-7)17-16-24-12-9-8-10-13-24)31(32(38)40-6)43-30(23)26-15-11-14-25(18-26)27-19-34(2,3)22-35(4,5)20-27/h8-15,18,27H,16-17,19-22H2,1-7H3. The Morgan fingerprint density at radius 2 is 1.60 bits per heavy atom. The third kappa shape index (κ3) is 7.85. The number of nitrogens with zero attached hydrogens (tertiary/aromatic N) is 1. The number of carbonyl (C=O) groups is 3. The van der Waals surface area contributed by atoms with Crippen LogP contribution in [0.2, 0.25) is 0 Å². The van der Waals surface area contributed by atoms with E-state index in [1.807, 2.05) is 43.3 Å². The molecule has 0 saturated heterocycles. The SMILES string of the molecule is COC(=O)c1sc(-c2cccc(C3CC(C)(C)CC(C)(C)C3)c2)c(C)c1OCC(=O)N(CCc1ccccc1)C(=O)OC. The van der Waals surface area contributed by atoms with Gasteiger partial charge in [0.2, 0.25) is 0 Å². The summed E-state index contributed by atoms with van der Waals surface area (Å²) in [7, 11) is 2.56. The molecule has 43 heavy (non-hydrogen) atoms. The first kappa shape index (κ1) is 32.3. The molecule has 1 aromatic heterocycles. The summed E-state index contributed by atoms with van der Waals surface area (Å²) in [6, 6.07) is 18.1. The average Bonchev–Trinajstić information content (AvgIpc) is 3.30. The van der Waals surface area contributed by atoms with Crippen LogP contribution in [0.3, 0.4) is 0 Å². The van der Waals surface area contributed by atoms with Crippen molar-refractivity contribution in [2.45, 2.75) is 66.2 Å². The van der Waals surface area contributed by atoms with Crippen LogP contribution in [0.1, 0.15) is 79.2 Å². The van der Waals surface area contributed by atoms with Gasteiger partial charge in [0.25, 0.3) is 5.91 Å². The van der Waals surface area contributed by atoms with Crippen LogP contribution in [0, 0.1) is 17.8 Å². The lowest BCUT2D eigenvalue weighted by molar-refractivity contribution is -0.131. The molecule has 230 valence electrons. The van der Waals surface area contributed by atoms with Gasteiger partial charge in [-0.05, 0) is 66.0 Å². The smallest absolute Gasteiger partial charge is 0.416 e. The molecule has 1 saturated carbocycles. The number of carbonyl (C=O) groups excluding carboxylic acids is 3. The zero-order valence-electron chi connectivity index (χ0n) is 26.3. The van der Waals surface area contributed by atoms with Crippen molar-refractivity contribution in [2.75, 3.05) is 27.4 Å². The summed E-state index contributed by atoms with van der Waals surface area (Å²) >= 11 is 1.29. The fourth-order valence-electron chi connectivity index (χ4n) is 6.72. The molecule has 0 N–H and O–H groups in total. The van der Waals surface area contributed by atoms with E-state index >= 15 is 0 Å². The van der Waals surface area contributed by atoms with Gasteiger partial charge in [0, 0.05) is 17.0 Å². The molecule has 0 spiro atoms. The highest BCUT2D eigenvalue weighted by Crippen LogP contribution is 2.52. The molecule has 3 aromatic rings. The van der Waals surface area contributed by atoms with Crippen LogP contribution < -0.4 is 4.74 Å². The molecule has 7 nitrogen and oxygen atoms in total. The van der Waals surface area contributed by atoms with E-state index in [1.165, 1.54) is 37.5 Å². The zero-order valence-corrected chi connectivity index (χ0v) is 27.1. The number of ether oxygens (including phenoxy) is 3. The third-order valence-corrected chi connectivity index (χ3v) is 9.44. The Morgan fingerprint density at radius 1 is 0.930 bits per heavy atom. The molecule has 8 heteroatoms. The molecular formula is C35H43NO6S. The summed E-state index contributed by atoms with van der Waals surface area (Å²) in [5.74, 6) is -0.371. The number of benzene rings is 2. The maximum Gasteiger partial charge on any atom is 0.416 e. The van der Waals surface area contributed by atoms with Gasteiger partial charge in [-0.2, -0.15) is 0 Å². The number of hydrogen-bond acceptors (Lipinski definition) is 7. The van der Waals surface area contributed by atoms with Gasteiger partial charge >= 0.3 is 12.1 Å². The molecule has 0 atom stereocenters. The average molecular weight is 606 g/mol. The molecule has 0 radical (unpaired) electrons. The normalized spacial score (nSPS) is 15.9. The lowest BCUT2D eigenvalue weighted by Crippen LogP contribution is -2.41. The highest BCUT2D eigenvalue weighted by molar-refractivity contribution is 7.18. The van der Waals surface area contributed by atoms with Crippen molar-refractivity contribution in [3.8, 4) is 16.2 Å². The minimum Gasteiger partial charge on any atom is -0.482 e. The molecule has 1 heterocycles. The minimum absolute atomic E-state index is 0.137. The van der Waals surface area contributed by atoms with E-state index in [-0.39, 0.29) is 22.3 Å². The molecule has 0 aliphatic heterocycles. The molecule has 2 amide bonds. The number of imide groups is 1. The van der Waals surface area contributed by atoms with Crippen molar-refractivity contribution < 1.29 is 28.6 Å². The zero-order chi connectivity index (χ0) is 31.4. The van der Waals surface area contributed by atoms with Gasteiger partial charge in [-0.25, -0.2) is 14.5 Å². The molecular weight excluding hydrogens is 562 g/mol. The topological polar surface area (TPSA) is 82.1 Å². The number of hydrogen-bond donors (Lipinski definition) is 0. The van der Waals surface area contributed by atoms with E-state index in [0.29, 0.717) is 18.1 Å². The van der Waals surface area contributed by atoms with E-state index < -0.39 is 24.6 Å². The molecule has 1 fully saturated rings. The summed E-state index contributed by atoms with van der Waals surface area (Å²) in [5, 5.41) is 0. The lowest BCUT2D eigenvalue weighted by Gasteiger charge is -2.45. The Kier molecular flexibility index (Phi) is 10.0. The summed E-state index contributed by atoms with van der Waals surface area (Å²) in [4.78, 5) is 40.7. The monoisotopic (exact) mass is 605 g/mol. The molecule has 0 unspecified atom stereocenters. The summed E-state index contributed by atoms with van der Waals surface area (Å²) in [6.45, 7) is 11.0. The van der Waals surface area contributed by atoms with E-state index in [2.05, 4.69) is 45.9 Å². The first-order chi connectivity index (χ1) is 20.3. The third-order valence-electron chi connectivity index (χ3n) is 8.14. The number of esters is 1. The van der Waals surface area contributed by atoms with Crippen LogP contribution in [0.4, 0.5) is 4.79 Å². The van der Waals surface area contributed by atoms with Crippen molar-refractivity contribution in [1.29, 1.82) is 0 Å². The number of thiophene rings is 1. The van der Waals surface area contributed by atoms with Gasteiger partial charge in [-0.15, -0.1) is 11.3 Å². The molecule has 0 bridgehead atoms. The molecule has 1 aliphatic carbocycles. The maximum absolute atomic E-state index is 13.2. The number of rotatable bonds is 9. The Balaban J connectivity index is 1.58. The second kappa shape index (κ2) is 13.3. The number of methoxy groups -OCH3 is 2. The first-order valence-corrected chi connectivity index (χ1v) is 15.5. The van der Waals surface area contributed by atoms with Crippen molar-refractivity contribution >= 4 is 29.3 Å². The molecule has 4 rings (SSSR count). The highest BCUT2D eigenvalue weighted by Gasteiger charge is 2.39. The van der Waals surface area contributed by atoms with Crippen molar-refractivity contribution in [2.24, 2.45) is 10.8 Å².